The Kier molecular flexibility index (Phi) is 4.02. The van der Waals surface area contributed by atoms with E-state index in [2.05, 4.69) is 0 Å². The van der Waals surface area contributed by atoms with E-state index in [4.69, 9.17) is 28.9 Å². The van der Waals surface area contributed by atoms with Crippen molar-refractivity contribution < 1.29 is 4.79 Å². The zero-order valence-corrected chi connectivity index (χ0v) is 10.9. The van der Waals surface area contributed by atoms with Crippen molar-refractivity contribution in [2.24, 2.45) is 5.73 Å². The normalized spacial score (nSPS) is 12.2. The van der Waals surface area contributed by atoms with Crippen molar-refractivity contribution in [1.82, 2.24) is 0 Å². The molecule has 0 fully saturated rings. The molecular formula is C14H11Cl2NO. The zero-order valence-electron chi connectivity index (χ0n) is 9.44. The molecule has 0 heterocycles. The fraction of sp³-hybridized carbons (Fsp3) is 0.0714. The Morgan fingerprint density at radius 3 is 2.39 bits per heavy atom. The highest BCUT2D eigenvalue weighted by atomic mass is 35.5. The molecule has 0 aliphatic heterocycles. The van der Waals surface area contributed by atoms with Crippen molar-refractivity contribution in [1.29, 1.82) is 0 Å². The predicted octanol–water partition coefficient (Wildman–Crippen LogP) is 3.88. The highest BCUT2D eigenvalue weighted by Gasteiger charge is 2.20. The first-order valence-electron chi connectivity index (χ1n) is 5.39. The Morgan fingerprint density at radius 2 is 1.72 bits per heavy atom. The maximum Gasteiger partial charge on any atom is 0.185 e. The number of carbonyl (C=O) groups excluding carboxylic acids is 1. The summed E-state index contributed by atoms with van der Waals surface area (Å²) in [5.74, 6) is -0.242. The van der Waals surface area contributed by atoms with Crippen LogP contribution >= 0.6 is 23.2 Å². The lowest BCUT2D eigenvalue weighted by Crippen LogP contribution is -2.21. The van der Waals surface area contributed by atoms with E-state index in [1.807, 2.05) is 18.2 Å². The molecule has 2 rings (SSSR count). The Morgan fingerprint density at radius 1 is 1.06 bits per heavy atom. The third-order valence-corrected chi connectivity index (χ3v) is 3.20. The summed E-state index contributed by atoms with van der Waals surface area (Å²) in [7, 11) is 0. The topological polar surface area (TPSA) is 43.1 Å². The minimum absolute atomic E-state index is 0.242. The number of halogens is 2. The molecule has 2 N–H and O–H groups in total. The first-order chi connectivity index (χ1) is 8.59. The summed E-state index contributed by atoms with van der Waals surface area (Å²) < 4.78 is 0. The van der Waals surface area contributed by atoms with Crippen LogP contribution in [0, 0.1) is 0 Å². The molecule has 2 aromatic carbocycles. The van der Waals surface area contributed by atoms with Gasteiger partial charge in [-0.3, -0.25) is 4.79 Å². The Hall–Kier alpha value is -1.35. The van der Waals surface area contributed by atoms with Gasteiger partial charge >= 0.3 is 0 Å². The van der Waals surface area contributed by atoms with Crippen molar-refractivity contribution in [3.8, 4) is 0 Å². The van der Waals surface area contributed by atoms with Crippen LogP contribution in [0.4, 0.5) is 0 Å². The summed E-state index contributed by atoms with van der Waals surface area (Å²) >= 11 is 11.8. The molecule has 0 spiro atoms. The second kappa shape index (κ2) is 5.53. The van der Waals surface area contributed by atoms with Gasteiger partial charge in [0.1, 0.15) is 0 Å². The summed E-state index contributed by atoms with van der Waals surface area (Å²) in [5, 5.41) is 0.818. The number of hydrogen-bond donors (Lipinski definition) is 1. The Bertz CT molecular complexity index is 569. The molecule has 0 radical (unpaired) electrons. The average Bonchev–Trinajstić information content (AvgIpc) is 2.41. The maximum absolute atomic E-state index is 12.3. The summed E-state index contributed by atoms with van der Waals surface area (Å²) in [6.45, 7) is 0. The number of carbonyl (C=O) groups is 1. The number of ketones is 1. The third-order valence-electron chi connectivity index (χ3n) is 2.64. The highest BCUT2D eigenvalue weighted by molar-refractivity contribution is 6.36. The molecule has 1 atom stereocenters. The number of benzene rings is 2. The largest absolute Gasteiger partial charge is 0.318 e. The number of Topliss-reactive ketones (excluding diaryl/α,β-unsaturated/α-hetero) is 1. The van der Waals surface area contributed by atoms with Crippen molar-refractivity contribution >= 4 is 29.0 Å². The van der Waals surface area contributed by atoms with Crippen LogP contribution in [0.3, 0.4) is 0 Å². The van der Waals surface area contributed by atoms with E-state index in [0.717, 1.165) is 5.56 Å². The van der Waals surface area contributed by atoms with E-state index in [1.165, 1.54) is 6.07 Å². The molecular weight excluding hydrogens is 269 g/mol. The molecule has 0 aliphatic carbocycles. The summed E-state index contributed by atoms with van der Waals surface area (Å²) in [6.07, 6.45) is 0. The zero-order chi connectivity index (χ0) is 13.1. The first-order valence-corrected chi connectivity index (χ1v) is 6.15. The molecule has 0 aromatic heterocycles. The van der Waals surface area contributed by atoms with E-state index >= 15 is 0 Å². The van der Waals surface area contributed by atoms with Crippen LogP contribution in [-0.4, -0.2) is 5.78 Å². The molecule has 0 unspecified atom stereocenters. The average molecular weight is 280 g/mol. The van der Waals surface area contributed by atoms with Crippen LogP contribution in [0.25, 0.3) is 0 Å². The molecule has 2 aromatic rings. The second-order valence-corrected chi connectivity index (χ2v) is 4.72. The van der Waals surface area contributed by atoms with Gasteiger partial charge in [0.15, 0.2) is 5.78 Å². The van der Waals surface area contributed by atoms with E-state index in [0.29, 0.717) is 15.6 Å². The Balaban J connectivity index is 2.34. The van der Waals surface area contributed by atoms with Gasteiger partial charge in [0.05, 0.1) is 11.1 Å². The van der Waals surface area contributed by atoms with Crippen LogP contribution in [0.15, 0.2) is 48.5 Å². The van der Waals surface area contributed by atoms with Gasteiger partial charge in [-0.25, -0.2) is 0 Å². The van der Waals surface area contributed by atoms with Crippen LogP contribution in [0.5, 0.6) is 0 Å². The molecule has 2 nitrogen and oxygen atoms in total. The molecule has 4 heteroatoms. The smallest absolute Gasteiger partial charge is 0.185 e. The summed E-state index contributed by atoms with van der Waals surface area (Å²) in [4.78, 5) is 12.3. The van der Waals surface area contributed by atoms with E-state index in [-0.39, 0.29) is 5.78 Å². The fourth-order valence-electron chi connectivity index (χ4n) is 1.67. The monoisotopic (exact) mass is 279 g/mol. The Labute approximate surface area is 115 Å². The molecule has 92 valence electrons. The van der Waals surface area contributed by atoms with Gasteiger partial charge in [-0.1, -0.05) is 53.5 Å². The summed E-state index contributed by atoms with van der Waals surface area (Å²) in [5.41, 5.74) is 7.03. The van der Waals surface area contributed by atoms with Gasteiger partial charge in [0, 0.05) is 10.6 Å². The molecule has 0 aliphatic rings. The lowest BCUT2D eigenvalue weighted by Gasteiger charge is -2.12. The minimum Gasteiger partial charge on any atom is -0.318 e. The van der Waals surface area contributed by atoms with Gasteiger partial charge in [0.2, 0.25) is 0 Å². The van der Waals surface area contributed by atoms with Crippen LogP contribution in [0.1, 0.15) is 22.0 Å². The van der Waals surface area contributed by atoms with Gasteiger partial charge in [0.25, 0.3) is 0 Å². The standard InChI is InChI=1S/C14H11Cl2NO/c15-10-6-7-12(16)11(8-10)14(18)13(17)9-4-2-1-3-5-9/h1-8,13H,17H2/t13-/m1/s1. The first kappa shape index (κ1) is 13.1. The lowest BCUT2D eigenvalue weighted by molar-refractivity contribution is 0.0961. The van der Waals surface area contributed by atoms with Gasteiger partial charge in [-0.15, -0.1) is 0 Å². The van der Waals surface area contributed by atoms with E-state index < -0.39 is 6.04 Å². The minimum atomic E-state index is -0.734. The summed E-state index contributed by atoms with van der Waals surface area (Å²) in [6, 6.07) is 13.2. The SMILES string of the molecule is N[C@@H](C(=O)c1cc(Cl)ccc1Cl)c1ccccc1. The number of hydrogen-bond acceptors (Lipinski definition) is 2. The third kappa shape index (κ3) is 2.72. The molecule has 0 saturated heterocycles. The highest BCUT2D eigenvalue weighted by Crippen LogP contribution is 2.25. The number of nitrogens with two attached hydrogens (primary N) is 1. The van der Waals surface area contributed by atoms with Crippen molar-refractivity contribution in [2.75, 3.05) is 0 Å². The maximum atomic E-state index is 12.3. The van der Waals surface area contributed by atoms with E-state index in [1.54, 1.807) is 24.3 Å². The molecule has 18 heavy (non-hydrogen) atoms. The van der Waals surface area contributed by atoms with Crippen molar-refractivity contribution in [3.05, 3.63) is 69.7 Å². The van der Waals surface area contributed by atoms with Gasteiger partial charge < -0.3 is 5.73 Å². The second-order valence-electron chi connectivity index (χ2n) is 3.88. The van der Waals surface area contributed by atoms with Crippen LogP contribution < -0.4 is 5.73 Å². The van der Waals surface area contributed by atoms with Crippen molar-refractivity contribution in [2.45, 2.75) is 6.04 Å². The van der Waals surface area contributed by atoms with Crippen LogP contribution in [0.2, 0.25) is 10.0 Å². The fourth-order valence-corrected chi connectivity index (χ4v) is 2.05. The lowest BCUT2D eigenvalue weighted by atomic mass is 9.98. The molecule has 0 saturated carbocycles. The van der Waals surface area contributed by atoms with Gasteiger partial charge in [-0.05, 0) is 23.8 Å². The quantitative estimate of drug-likeness (QED) is 0.867. The molecule has 0 bridgehead atoms. The van der Waals surface area contributed by atoms with Crippen LogP contribution in [-0.2, 0) is 0 Å². The predicted molar refractivity (Wildman–Crippen MR) is 74.2 cm³/mol. The van der Waals surface area contributed by atoms with Gasteiger partial charge in [-0.2, -0.15) is 0 Å². The van der Waals surface area contributed by atoms with E-state index in [9.17, 15) is 4.79 Å². The number of rotatable bonds is 3. The molecule has 0 amide bonds. The van der Waals surface area contributed by atoms with Crippen molar-refractivity contribution in [3.63, 3.8) is 0 Å².